The maximum Gasteiger partial charge on any atom is 0.271 e. The molecule has 0 aliphatic carbocycles. The molecule has 2 rings (SSSR count). The molecule has 0 radical (unpaired) electrons. The fraction of sp³-hybridized carbons (Fsp3) is 0.125. The van der Waals surface area contributed by atoms with Gasteiger partial charge in [-0.15, -0.1) is 11.3 Å². The molecule has 2 heterocycles. The Bertz CT molecular complexity index is 453. The Morgan fingerprint density at radius 2 is 2.53 bits per heavy atom. The van der Waals surface area contributed by atoms with Crippen LogP contribution in [-0.4, -0.2) is 20.9 Å². The molecule has 0 spiro atoms. The number of nitrogens with zero attached hydrogens (tertiary/aromatic N) is 2. The molecule has 5 nitrogen and oxygen atoms in total. The molecule has 7 heteroatoms. The lowest BCUT2D eigenvalue weighted by atomic mass is 10.4. The van der Waals surface area contributed by atoms with Crippen LogP contribution in [0.15, 0.2) is 21.7 Å². The van der Waals surface area contributed by atoms with E-state index < -0.39 is 0 Å². The smallest absolute Gasteiger partial charge is 0.271 e. The topological polar surface area (TPSA) is 70.7 Å². The van der Waals surface area contributed by atoms with Gasteiger partial charge in [-0.3, -0.25) is 4.79 Å². The van der Waals surface area contributed by atoms with Crippen molar-refractivity contribution in [3.05, 3.63) is 33.2 Å². The van der Waals surface area contributed by atoms with E-state index in [4.69, 9.17) is 0 Å². The summed E-state index contributed by atoms with van der Waals surface area (Å²) in [6.45, 7) is 0.376. The molecule has 0 aliphatic rings. The number of H-pyrrole nitrogens is 1. The minimum absolute atomic E-state index is 0.201. The quantitative estimate of drug-likeness (QED) is 0.900. The molecule has 0 saturated heterocycles. The van der Waals surface area contributed by atoms with Gasteiger partial charge in [-0.25, -0.2) is 9.97 Å². The van der Waals surface area contributed by atoms with E-state index in [1.807, 2.05) is 0 Å². The van der Waals surface area contributed by atoms with Crippen molar-refractivity contribution in [1.29, 1.82) is 0 Å². The molecule has 2 aromatic heterocycles. The lowest BCUT2D eigenvalue weighted by molar-refractivity contribution is 0.0945. The van der Waals surface area contributed by atoms with E-state index in [2.05, 4.69) is 36.2 Å². The average molecular weight is 287 g/mol. The van der Waals surface area contributed by atoms with E-state index >= 15 is 0 Å². The lowest BCUT2D eigenvalue weighted by Gasteiger charge is -1.99. The number of hydrogen-bond acceptors (Lipinski definition) is 4. The number of aromatic amines is 1. The number of thiazole rings is 1. The first-order chi connectivity index (χ1) is 7.25. The van der Waals surface area contributed by atoms with Crippen LogP contribution in [0.4, 0.5) is 0 Å². The highest BCUT2D eigenvalue weighted by molar-refractivity contribution is 9.11. The summed E-state index contributed by atoms with van der Waals surface area (Å²) < 4.78 is 0.700. The van der Waals surface area contributed by atoms with Gasteiger partial charge in [0.2, 0.25) is 0 Å². The van der Waals surface area contributed by atoms with Crippen LogP contribution < -0.4 is 5.32 Å². The van der Waals surface area contributed by atoms with Gasteiger partial charge in [-0.2, -0.15) is 0 Å². The summed E-state index contributed by atoms with van der Waals surface area (Å²) in [6, 6.07) is 0. The predicted molar refractivity (Wildman–Crippen MR) is 59.6 cm³/mol. The molecular weight excluding hydrogens is 280 g/mol. The van der Waals surface area contributed by atoms with Crippen LogP contribution in [-0.2, 0) is 6.54 Å². The fourth-order valence-electron chi connectivity index (χ4n) is 1.01. The maximum absolute atomic E-state index is 11.5. The molecular formula is C8H7BrN4OS. The van der Waals surface area contributed by atoms with E-state index in [1.165, 1.54) is 11.3 Å². The molecule has 78 valence electrons. The SMILES string of the molecule is O=C(NCc1ncc[nH]1)c1csc(Br)n1. The van der Waals surface area contributed by atoms with Gasteiger partial charge in [0.15, 0.2) is 3.92 Å². The van der Waals surface area contributed by atoms with Crippen molar-refractivity contribution in [2.75, 3.05) is 0 Å². The van der Waals surface area contributed by atoms with Gasteiger partial charge in [0.25, 0.3) is 5.91 Å². The Hall–Kier alpha value is -1.21. The first kappa shape index (κ1) is 10.3. The zero-order chi connectivity index (χ0) is 10.7. The van der Waals surface area contributed by atoms with Gasteiger partial charge in [0.1, 0.15) is 11.5 Å². The normalized spacial score (nSPS) is 10.2. The van der Waals surface area contributed by atoms with Gasteiger partial charge in [0.05, 0.1) is 6.54 Å². The highest BCUT2D eigenvalue weighted by Crippen LogP contribution is 2.15. The number of carbonyl (C=O) groups excluding carboxylic acids is 1. The zero-order valence-corrected chi connectivity index (χ0v) is 9.93. The summed E-state index contributed by atoms with van der Waals surface area (Å²) in [4.78, 5) is 22.4. The Labute approximate surface area is 98.1 Å². The minimum Gasteiger partial charge on any atom is -0.347 e. The Balaban J connectivity index is 1.93. The summed E-state index contributed by atoms with van der Waals surface area (Å²) in [5.74, 6) is 0.519. The number of amides is 1. The predicted octanol–water partition coefficient (Wildman–Crippen LogP) is 1.56. The first-order valence-electron chi connectivity index (χ1n) is 4.13. The van der Waals surface area contributed by atoms with E-state index in [1.54, 1.807) is 17.8 Å². The molecule has 0 aromatic carbocycles. The van der Waals surface area contributed by atoms with E-state index in [0.29, 0.717) is 16.2 Å². The molecule has 0 saturated carbocycles. The van der Waals surface area contributed by atoms with Crippen molar-refractivity contribution < 1.29 is 4.79 Å². The highest BCUT2D eigenvalue weighted by Gasteiger charge is 2.09. The summed E-state index contributed by atoms with van der Waals surface area (Å²) in [5.41, 5.74) is 0.415. The standard InChI is InChI=1S/C8H7BrN4OS/c9-8-13-5(4-15-8)7(14)12-3-6-10-1-2-11-6/h1-2,4H,3H2,(H,10,11)(H,12,14). The van der Waals surface area contributed by atoms with Crippen molar-refractivity contribution in [2.45, 2.75) is 6.54 Å². The van der Waals surface area contributed by atoms with Crippen LogP contribution in [0.5, 0.6) is 0 Å². The molecule has 0 atom stereocenters. The maximum atomic E-state index is 11.5. The second-order valence-electron chi connectivity index (χ2n) is 2.70. The van der Waals surface area contributed by atoms with Crippen LogP contribution in [0.3, 0.4) is 0 Å². The van der Waals surface area contributed by atoms with Gasteiger partial charge in [0, 0.05) is 17.8 Å². The van der Waals surface area contributed by atoms with E-state index in [9.17, 15) is 4.79 Å². The zero-order valence-electron chi connectivity index (χ0n) is 7.53. The summed E-state index contributed by atoms with van der Waals surface area (Å²) in [5, 5.41) is 4.40. The third kappa shape index (κ3) is 2.63. The first-order valence-corrected chi connectivity index (χ1v) is 5.80. The minimum atomic E-state index is -0.201. The van der Waals surface area contributed by atoms with Crippen molar-refractivity contribution in [2.24, 2.45) is 0 Å². The molecule has 15 heavy (non-hydrogen) atoms. The summed E-state index contributed by atoms with van der Waals surface area (Å²) in [7, 11) is 0. The van der Waals surface area contributed by atoms with Crippen molar-refractivity contribution in [1.82, 2.24) is 20.3 Å². The second-order valence-corrected chi connectivity index (χ2v) is 4.84. The Kier molecular flexibility index (Phi) is 3.12. The molecule has 2 aromatic rings. The molecule has 2 N–H and O–H groups in total. The van der Waals surface area contributed by atoms with Crippen LogP contribution in [0.25, 0.3) is 0 Å². The fourth-order valence-corrected chi connectivity index (χ4v) is 2.00. The van der Waals surface area contributed by atoms with Gasteiger partial charge < -0.3 is 10.3 Å². The largest absolute Gasteiger partial charge is 0.347 e. The number of hydrogen-bond donors (Lipinski definition) is 2. The number of rotatable bonds is 3. The molecule has 0 aliphatic heterocycles. The Morgan fingerprint density at radius 3 is 3.13 bits per heavy atom. The van der Waals surface area contributed by atoms with Crippen molar-refractivity contribution in [3.8, 4) is 0 Å². The average Bonchev–Trinajstić information content (AvgIpc) is 2.84. The Morgan fingerprint density at radius 1 is 1.67 bits per heavy atom. The van der Waals surface area contributed by atoms with Gasteiger partial charge in [-0.05, 0) is 15.9 Å². The lowest BCUT2D eigenvalue weighted by Crippen LogP contribution is -2.23. The van der Waals surface area contributed by atoms with Crippen LogP contribution in [0.1, 0.15) is 16.3 Å². The van der Waals surface area contributed by atoms with Crippen LogP contribution in [0, 0.1) is 0 Å². The third-order valence-electron chi connectivity index (χ3n) is 1.68. The highest BCUT2D eigenvalue weighted by atomic mass is 79.9. The van der Waals surface area contributed by atoms with Crippen molar-refractivity contribution >= 4 is 33.2 Å². The number of carbonyl (C=O) groups is 1. The molecule has 0 fully saturated rings. The third-order valence-corrected chi connectivity index (χ3v) is 3.04. The molecule has 0 bridgehead atoms. The van der Waals surface area contributed by atoms with Crippen LogP contribution in [0.2, 0.25) is 0 Å². The molecule has 1 amide bonds. The van der Waals surface area contributed by atoms with Crippen molar-refractivity contribution in [3.63, 3.8) is 0 Å². The molecule has 0 unspecified atom stereocenters. The summed E-state index contributed by atoms with van der Waals surface area (Å²) in [6.07, 6.45) is 3.35. The van der Waals surface area contributed by atoms with E-state index in [0.717, 1.165) is 5.82 Å². The van der Waals surface area contributed by atoms with Gasteiger partial charge in [-0.1, -0.05) is 0 Å². The number of halogens is 1. The summed E-state index contributed by atoms with van der Waals surface area (Å²) >= 11 is 4.58. The van der Waals surface area contributed by atoms with E-state index in [-0.39, 0.29) is 5.91 Å². The van der Waals surface area contributed by atoms with Crippen LogP contribution >= 0.6 is 27.3 Å². The van der Waals surface area contributed by atoms with Gasteiger partial charge >= 0.3 is 0 Å². The number of aromatic nitrogens is 3. The second kappa shape index (κ2) is 4.54. The number of nitrogens with one attached hydrogen (secondary N) is 2. The monoisotopic (exact) mass is 286 g/mol. The number of imidazole rings is 1.